The van der Waals surface area contributed by atoms with Gasteiger partial charge in [0, 0.05) is 32.7 Å². The zero-order valence-electron chi connectivity index (χ0n) is 12.5. The second-order valence-electron chi connectivity index (χ2n) is 6.49. The van der Waals surface area contributed by atoms with Crippen LogP contribution in [0, 0.1) is 11.8 Å². The van der Waals surface area contributed by atoms with Crippen LogP contribution in [0.15, 0.2) is 0 Å². The van der Waals surface area contributed by atoms with Crippen molar-refractivity contribution in [1.29, 1.82) is 0 Å². The van der Waals surface area contributed by atoms with Gasteiger partial charge in [0.15, 0.2) is 0 Å². The molecule has 0 amide bonds. The Kier molecular flexibility index (Phi) is 6.61. The minimum Gasteiger partial charge on any atom is -0.389 e. The fourth-order valence-corrected chi connectivity index (χ4v) is 2.79. The molecule has 0 aromatic carbocycles. The molecule has 0 aromatic heterocycles. The average molecular weight is 257 g/mol. The maximum Gasteiger partial charge on any atom is 0.0765 e. The molecule has 108 valence electrons. The van der Waals surface area contributed by atoms with Crippen molar-refractivity contribution in [3.8, 4) is 0 Å². The van der Waals surface area contributed by atoms with E-state index in [-0.39, 0.29) is 0 Å². The van der Waals surface area contributed by atoms with Crippen LogP contribution in [-0.2, 0) is 4.74 Å². The van der Waals surface area contributed by atoms with Gasteiger partial charge in [-0.25, -0.2) is 0 Å². The molecule has 0 spiro atoms. The van der Waals surface area contributed by atoms with Crippen molar-refractivity contribution in [2.45, 2.75) is 64.5 Å². The highest BCUT2D eigenvalue weighted by molar-refractivity contribution is 4.83. The molecule has 0 radical (unpaired) electrons. The zero-order valence-corrected chi connectivity index (χ0v) is 12.5. The van der Waals surface area contributed by atoms with Gasteiger partial charge in [0.1, 0.15) is 0 Å². The summed E-state index contributed by atoms with van der Waals surface area (Å²) in [5, 5.41) is 13.8. The summed E-state index contributed by atoms with van der Waals surface area (Å²) in [7, 11) is 1.68. The molecule has 1 rings (SSSR count). The van der Waals surface area contributed by atoms with Crippen molar-refractivity contribution >= 4 is 0 Å². The lowest BCUT2D eigenvalue weighted by Gasteiger charge is -2.34. The van der Waals surface area contributed by atoms with E-state index in [4.69, 9.17) is 4.74 Å². The molecule has 3 atom stereocenters. The van der Waals surface area contributed by atoms with Crippen molar-refractivity contribution < 1.29 is 9.84 Å². The largest absolute Gasteiger partial charge is 0.389 e. The predicted octanol–water partition coefficient (Wildman–Crippen LogP) is 2.58. The lowest BCUT2D eigenvalue weighted by Crippen LogP contribution is -2.45. The Balaban J connectivity index is 2.29. The van der Waals surface area contributed by atoms with E-state index in [1.807, 2.05) is 6.92 Å². The van der Waals surface area contributed by atoms with Crippen molar-refractivity contribution in [2.75, 3.05) is 20.3 Å². The van der Waals surface area contributed by atoms with E-state index in [2.05, 4.69) is 19.2 Å². The van der Waals surface area contributed by atoms with E-state index in [0.29, 0.717) is 25.6 Å². The maximum atomic E-state index is 10.2. The molecule has 18 heavy (non-hydrogen) atoms. The molecule has 3 unspecified atom stereocenters. The third-order valence-electron chi connectivity index (χ3n) is 4.27. The first kappa shape index (κ1) is 15.9. The molecule has 0 aliphatic heterocycles. The first-order valence-electron chi connectivity index (χ1n) is 7.39. The summed E-state index contributed by atoms with van der Waals surface area (Å²) >= 11 is 0. The Hall–Kier alpha value is -0.120. The Labute approximate surface area is 112 Å². The van der Waals surface area contributed by atoms with Gasteiger partial charge >= 0.3 is 0 Å². The normalized spacial score (nSPS) is 28.3. The van der Waals surface area contributed by atoms with Gasteiger partial charge in [-0.3, -0.25) is 0 Å². The Morgan fingerprint density at radius 1 is 1.39 bits per heavy atom. The summed E-state index contributed by atoms with van der Waals surface area (Å²) in [6, 6.07) is 0.583. The summed E-state index contributed by atoms with van der Waals surface area (Å²) in [6.07, 6.45) is 5.90. The van der Waals surface area contributed by atoms with Crippen LogP contribution in [0.25, 0.3) is 0 Å². The zero-order chi connectivity index (χ0) is 13.6. The highest BCUT2D eigenvalue weighted by Crippen LogP contribution is 2.30. The first-order valence-corrected chi connectivity index (χ1v) is 7.39. The van der Waals surface area contributed by atoms with Gasteiger partial charge < -0.3 is 15.2 Å². The molecule has 3 heteroatoms. The topological polar surface area (TPSA) is 41.5 Å². The van der Waals surface area contributed by atoms with Gasteiger partial charge in [-0.1, -0.05) is 26.7 Å². The predicted molar refractivity (Wildman–Crippen MR) is 75.7 cm³/mol. The number of hydrogen-bond donors (Lipinski definition) is 2. The van der Waals surface area contributed by atoms with Gasteiger partial charge in [0.2, 0.25) is 0 Å². The molecule has 1 aliphatic carbocycles. The Bertz CT molecular complexity index is 229. The van der Waals surface area contributed by atoms with Crippen LogP contribution in [0.1, 0.15) is 52.9 Å². The Morgan fingerprint density at radius 3 is 2.72 bits per heavy atom. The van der Waals surface area contributed by atoms with Crippen molar-refractivity contribution in [1.82, 2.24) is 5.32 Å². The molecule has 2 N–H and O–H groups in total. The fraction of sp³-hybridized carbons (Fsp3) is 1.00. The molecule has 0 aromatic rings. The summed E-state index contributed by atoms with van der Waals surface area (Å²) in [5.74, 6) is 1.63. The molecule has 3 nitrogen and oxygen atoms in total. The summed E-state index contributed by atoms with van der Waals surface area (Å²) in [4.78, 5) is 0. The smallest absolute Gasteiger partial charge is 0.0765 e. The van der Waals surface area contributed by atoms with Crippen LogP contribution in [-0.4, -0.2) is 37.0 Å². The second-order valence-corrected chi connectivity index (χ2v) is 6.49. The highest BCUT2D eigenvalue weighted by Gasteiger charge is 2.26. The van der Waals surface area contributed by atoms with Crippen molar-refractivity contribution in [3.05, 3.63) is 0 Å². The number of hydrogen-bond acceptors (Lipinski definition) is 3. The summed E-state index contributed by atoms with van der Waals surface area (Å²) in [5.41, 5.74) is -0.652. The lowest BCUT2D eigenvalue weighted by atomic mass is 9.79. The van der Waals surface area contributed by atoms with Crippen LogP contribution >= 0.6 is 0 Å². The minimum atomic E-state index is -0.652. The number of ether oxygens (including phenoxy) is 1. The minimum absolute atomic E-state index is 0.583. The van der Waals surface area contributed by atoms with Crippen molar-refractivity contribution in [2.24, 2.45) is 11.8 Å². The van der Waals surface area contributed by atoms with E-state index in [1.165, 1.54) is 25.7 Å². The third kappa shape index (κ3) is 5.68. The van der Waals surface area contributed by atoms with Crippen molar-refractivity contribution in [3.63, 3.8) is 0 Å². The number of aliphatic hydroxyl groups is 1. The van der Waals surface area contributed by atoms with E-state index in [1.54, 1.807) is 7.11 Å². The molecule has 0 heterocycles. The number of methoxy groups -OCH3 is 1. The molecule has 0 bridgehead atoms. The van der Waals surface area contributed by atoms with Gasteiger partial charge in [-0.05, 0) is 31.6 Å². The lowest BCUT2D eigenvalue weighted by molar-refractivity contribution is 0.0206. The molecular weight excluding hydrogens is 226 g/mol. The Morgan fingerprint density at radius 2 is 2.11 bits per heavy atom. The van der Waals surface area contributed by atoms with E-state index in [0.717, 1.165) is 11.8 Å². The van der Waals surface area contributed by atoms with Gasteiger partial charge in [-0.15, -0.1) is 0 Å². The highest BCUT2D eigenvalue weighted by atomic mass is 16.5. The van der Waals surface area contributed by atoms with Crippen LogP contribution in [0.3, 0.4) is 0 Å². The molecular formula is C15H31NO2. The van der Waals surface area contributed by atoms with E-state index in [9.17, 15) is 5.11 Å². The number of rotatable bonds is 7. The van der Waals surface area contributed by atoms with Crippen LogP contribution < -0.4 is 5.32 Å². The SMILES string of the molecule is COCCC(C)(O)CNC1CCCC(C(C)C)C1. The van der Waals surface area contributed by atoms with Crippen LogP contribution in [0.4, 0.5) is 0 Å². The van der Waals surface area contributed by atoms with E-state index < -0.39 is 5.60 Å². The molecule has 1 aliphatic rings. The standard InChI is InChI=1S/C15H31NO2/c1-12(2)13-6-5-7-14(10-13)16-11-15(3,17)8-9-18-4/h12-14,16-17H,5-11H2,1-4H3. The first-order chi connectivity index (χ1) is 8.44. The summed E-state index contributed by atoms with van der Waals surface area (Å²) in [6.45, 7) is 7.82. The second kappa shape index (κ2) is 7.46. The van der Waals surface area contributed by atoms with Gasteiger partial charge in [0.25, 0.3) is 0 Å². The number of nitrogens with one attached hydrogen (secondary N) is 1. The molecule has 1 fully saturated rings. The van der Waals surface area contributed by atoms with Gasteiger partial charge in [-0.2, -0.15) is 0 Å². The third-order valence-corrected chi connectivity index (χ3v) is 4.27. The summed E-state index contributed by atoms with van der Waals surface area (Å²) < 4.78 is 5.03. The molecule has 0 saturated heterocycles. The van der Waals surface area contributed by atoms with E-state index >= 15 is 0 Å². The van der Waals surface area contributed by atoms with Gasteiger partial charge in [0.05, 0.1) is 5.60 Å². The fourth-order valence-electron chi connectivity index (χ4n) is 2.79. The van der Waals surface area contributed by atoms with Crippen LogP contribution in [0.5, 0.6) is 0 Å². The van der Waals surface area contributed by atoms with Crippen LogP contribution in [0.2, 0.25) is 0 Å². The monoisotopic (exact) mass is 257 g/mol. The quantitative estimate of drug-likeness (QED) is 0.736. The average Bonchev–Trinajstić information content (AvgIpc) is 2.34. The molecule has 1 saturated carbocycles. The maximum absolute atomic E-state index is 10.2.